The van der Waals surface area contributed by atoms with Gasteiger partial charge in [-0.25, -0.2) is 0 Å². The predicted molar refractivity (Wildman–Crippen MR) is 101 cm³/mol. The van der Waals surface area contributed by atoms with Gasteiger partial charge in [0, 0.05) is 6.92 Å². The Hall–Kier alpha value is -1.89. The number of ether oxygens (including phenoxy) is 1. The van der Waals surface area contributed by atoms with Gasteiger partial charge in [-0.2, -0.15) is 4.98 Å². The molecular weight excluding hydrogens is 398 g/mol. The van der Waals surface area contributed by atoms with Crippen LogP contribution in [0.15, 0.2) is 27.2 Å². The first kappa shape index (κ1) is 18.9. The number of carbonyl (C=O) groups excluding carboxylic acids is 1. The van der Waals surface area contributed by atoms with Gasteiger partial charge < -0.3 is 14.6 Å². The molecule has 1 atom stereocenters. The summed E-state index contributed by atoms with van der Waals surface area (Å²) in [5, 5.41) is 7.23. The number of aryl methyl sites for hydroxylation is 2. The Morgan fingerprint density at radius 2 is 2.04 bits per heavy atom. The van der Waals surface area contributed by atoms with Crippen LogP contribution in [-0.4, -0.2) is 22.2 Å². The summed E-state index contributed by atoms with van der Waals surface area (Å²) in [6, 6.07) is 5.78. The van der Waals surface area contributed by atoms with E-state index in [1.807, 2.05) is 25.1 Å². The lowest BCUT2D eigenvalue weighted by atomic mass is 9.81. The number of carbonyl (C=O) groups is 1. The first-order chi connectivity index (χ1) is 12.4. The summed E-state index contributed by atoms with van der Waals surface area (Å²) in [5.74, 6) is 1.53. The van der Waals surface area contributed by atoms with E-state index in [1.165, 1.54) is 0 Å². The van der Waals surface area contributed by atoms with Gasteiger partial charge in [-0.05, 0) is 60.3 Å². The largest absolute Gasteiger partial charge is 0.480 e. The van der Waals surface area contributed by atoms with E-state index >= 15 is 0 Å². The van der Waals surface area contributed by atoms with E-state index in [2.05, 4.69) is 31.4 Å². The summed E-state index contributed by atoms with van der Waals surface area (Å²) in [7, 11) is 0. The molecule has 1 amide bonds. The Bertz CT molecular complexity index is 784. The number of hydrogen-bond donors (Lipinski definition) is 1. The maximum Gasteiger partial charge on any atom is 0.261 e. The van der Waals surface area contributed by atoms with E-state index in [1.54, 1.807) is 13.8 Å². The average Bonchev–Trinajstić information content (AvgIpc) is 3.05. The van der Waals surface area contributed by atoms with Crippen LogP contribution in [-0.2, 0) is 10.3 Å². The van der Waals surface area contributed by atoms with Crippen LogP contribution in [0.5, 0.6) is 5.75 Å². The van der Waals surface area contributed by atoms with Crippen LogP contribution in [0.1, 0.15) is 56.3 Å². The molecule has 26 heavy (non-hydrogen) atoms. The lowest BCUT2D eigenvalue weighted by Gasteiger charge is -2.36. The summed E-state index contributed by atoms with van der Waals surface area (Å²) in [5.41, 5.74) is 0.546. The molecule has 1 aromatic heterocycles. The van der Waals surface area contributed by atoms with E-state index in [0.29, 0.717) is 17.5 Å². The lowest BCUT2D eigenvalue weighted by Crippen LogP contribution is -2.51. The van der Waals surface area contributed by atoms with Gasteiger partial charge in [0.15, 0.2) is 11.9 Å². The van der Waals surface area contributed by atoms with Crippen molar-refractivity contribution >= 4 is 21.8 Å². The van der Waals surface area contributed by atoms with E-state index < -0.39 is 11.6 Å². The van der Waals surface area contributed by atoms with Gasteiger partial charge in [0.1, 0.15) is 11.3 Å². The molecule has 1 aliphatic rings. The van der Waals surface area contributed by atoms with Crippen molar-refractivity contribution in [3.05, 3.63) is 40.0 Å². The fourth-order valence-corrected chi connectivity index (χ4v) is 3.92. The highest BCUT2D eigenvalue weighted by Crippen LogP contribution is 2.36. The smallest absolute Gasteiger partial charge is 0.261 e. The normalized spacial score (nSPS) is 17.5. The molecule has 0 aliphatic heterocycles. The molecule has 1 aromatic carbocycles. The molecule has 1 N–H and O–H groups in total. The fraction of sp³-hybridized carbons (Fsp3) is 0.526. The fourth-order valence-electron chi connectivity index (χ4n) is 3.34. The zero-order chi connectivity index (χ0) is 18.7. The van der Waals surface area contributed by atoms with Crippen LogP contribution in [0.4, 0.5) is 0 Å². The highest BCUT2D eigenvalue weighted by molar-refractivity contribution is 9.10. The molecule has 1 fully saturated rings. The van der Waals surface area contributed by atoms with Gasteiger partial charge in [-0.15, -0.1) is 0 Å². The predicted octanol–water partition coefficient (Wildman–Crippen LogP) is 4.19. The van der Waals surface area contributed by atoms with Crippen LogP contribution in [0.2, 0.25) is 0 Å². The number of rotatable bonds is 5. The summed E-state index contributed by atoms with van der Waals surface area (Å²) < 4.78 is 11.9. The highest BCUT2D eigenvalue weighted by atomic mass is 79.9. The molecule has 6 nitrogen and oxygen atoms in total. The zero-order valence-corrected chi connectivity index (χ0v) is 16.9. The van der Waals surface area contributed by atoms with Gasteiger partial charge in [0.2, 0.25) is 5.89 Å². The van der Waals surface area contributed by atoms with Crippen LogP contribution in [0.3, 0.4) is 0 Å². The maximum atomic E-state index is 12.8. The van der Waals surface area contributed by atoms with Crippen LogP contribution in [0, 0.1) is 13.8 Å². The number of amides is 1. The third-order valence-electron chi connectivity index (χ3n) is 4.79. The molecule has 0 radical (unpaired) electrons. The summed E-state index contributed by atoms with van der Waals surface area (Å²) >= 11 is 3.48. The Morgan fingerprint density at radius 3 is 2.65 bits per heavy atom. The topological polar surface area (TPSA) is 77.2 Å². The van der Waals surface area contributed by atoms with Gasteiger partial charge in [-0.1, -0.05) is 30.5 Å². The van der Waals surface area contributed by atoms with Crippen LogP contribution >= 0.6 is 15.9 Å². The van der Waals surface area contributed by atoms with E-state index in [-0.39, 0.29) is 5.91 Å². The molecule has 0 spiro atoms. The first-order valence-corrected chi connectivity index (χ1v) is 9.74. The van der Waals surface area contributed by atoms with Gasteiger partial charge in [0.25, 0.3) is 5.91 Å². The lowest BCUT2D eigenvalue weighted by molar-refractivity contribution is -0.130. The maximum absolute atomic E-state index is 12.8. The van der Waals surface area contributed by atoms with Crippen molar-refractivity contribution in [2.45, 2.75) is 64.5 Å². The second-order valence-corrected chi connectivity index (χ2v) is 7.82. The third-order valence-corrected chi connectivity index (χ3v) is 5.41. The zero-order valence-electron chi connectivity index (χ0n) is 15.3. The standard InChI is InChI=1S/C19H24BrN3O3/c1-12-7-8-16(15(20)11-12)25-13(2)17(24)22-19(9-5-4-6-10-19)18-21-14(3)26-23-18/h7-8,11,13H,4-6,9-10H2,1-3H3,(H,22,24)/t13-/m0/s1. The summed E-state index contributed by atoms with van der Waals surface area (Å²) in [6.45, 7) is 5.51. The number of nitrogens with zero attached hydrogens (tertiary/aromatic N) is 2. The van der Waals surface area contributed by atoms with Gasteiger partial charge in [0.05, 0.1) is 4.47 Å². The van der Waals surface area contributed by atoms with Crippen molar-refractivity contribution in [1.29, 1.82) is 0 Å². The number of aromatic nitrogens is 2. The molecule has 1 aliphatic carbocycles. The molecule has 7 heteroatoms. The Kier molecular flexibility index (Phi) is 5.65. The number of halogens is 1. The average molecular weight is 422 g/mol. The molecule has 2 aromatic rings. The Labute approximate surface area is 161 Å². The van der Waals surface area contributed by atoms with E-state index in [4.69, 9.17) is 9.26 Å². The summed E-state index contributed by atoms with van der Waals surface area (Å²) in [4.78, 5) is 17.2. The van der Waals surface area contributed by atoms with Crippen LogP contribution < -0.4 is 10.1 Å². The molecule has 140 valence electrons. The molecule has 0 bridgehead atoms. The molecule has 3 rings (SSSR count). The number of benzene rings is 1. The minimum atomic E-state index is -0.638. The number of hydrogen-bond acceptors (Lipinski definition) is 5. The molecule has 1 heterocycles. The van der Waals surface area contributed by atoms with Crippen molar-refractivity contribution in [3.8, 4) is 5.75 Å². The third kappa shape index (κ3) is 4.09. The highest BCUT2D eigenvalue weighted by Gasteiger charge is 2.40. The SMILES string of the molecule is Cc1ccc(O[C@@H](C)C(=O)NC2(c3noc(C)n3)CCCCC2)c(Br)c1. The molecule has 0 unspecified atom stereocenters. The van der Waals surface area contributed by atoms with Crippen LogP contribution in [0.25, 0.3) is 0 Å². The van der Waals surface area contributed by atoms with E-state index in [9.17, 15) is 4.79 Å². The monoisotopic (exact) mass is 421 g/mol. The van der Waals surface area contributed by atoms with Crippen molar-refractivity contribution < 1.29 is 14.1 Å². The van der Waals surface area contributed by atoms with Crippen molar-refractivity contribution in [2.24, 2.45) is 0 Å². The minimum absolute atomic E-state index is 0.179. The second-order valence-electron chi connectivity index (χ2n) is 6.96. The number of nitrogens with one attached hydrogen (secondary N) is 1. The Morgan fingerprint density at radius 1 is 1.31 bits per heavy atom. The molecular formula is C19H24BrN3O3. The minimum Gasteiger partial charge on any atom is -0.480 e. The summed E-state index contributed by atoms with van der Waals surface area (Å²) in [6.07, 6.45) is 4.16. The Balaban J connectivity index is 1.75. The van der Waals surface area contributed by atoms with Crippen molar-refractivity contribution in [2.75, 3.05) is 0 Å². The molecule has 1 saturated carbocycles. The van der Waals surface area contributed by atoms with Crippen molar-refractivity contribution in [1.82, 2.24) is 15.5 Å². The first-order valence-electron chi connectivity index (χ1n) is 8.95. The second kappa shape index (κ2) is 7.78. The van der Waals surface area contributed by atoms with Gasteiger partial charge >= 0.3 is 0 Å². The van der Waals surface area contributed by atoms with Crippen molar-refractivity contribution in [3.63, 3.8) is 0 Å². The quantitative estimate of drug-likeness (QED) is 0.782. The van der Waals surface area contributed by atoms with E-state index in [0.717, 1.165) is 42.1 Å². The molecule has 0 saturated heterocycles. The van der Waals surface area contributed by atoms with Gasteiger partial charge in [-0.3, -0.25) is 4.79 Å².